The summed E-state index contributed by atoms with van der Waals surface area (Å²) in [5.41, 5.74) is 3.60. The lowest BCUT2D eigenvalue weighted by atomic mass is 10.2. The van der Waals surface area contributed by atoms with E-state index in [1.807, 2.05) is 19.2 Å². The summed E-state index contributed by atoms with van der Waals surface area (Å²) in [6.45, 7) is 0. The summed E-state index contributed by atoms with van der Waals surface area (Å²) in [4.78, 5) is 1.01. The zero-order valence-corrected chi connectivity index (χ0v) is 11.5. The summed E-state index contributed by atoms with van der Waals surface area (Å²) >= 11 is 10.7. The molecule has 2 aromatic rings. The van der Waals surface area contributed by atoms with Gasteiger partial charge < -0.3 is 0 Å². The molecule has 0 amide bonds. The van der Waals surface area contributed by atoms with Crippen molar-refractivity contribution in [3.05, 3.63) is 31.6 Å². The van der Waals surface area contributed by atoms with Gasteiger partial charge in [-0.05, 0) is 28.1 Å². The second-order valence-electron chi connectivity index (χ2n) is 3.13. The van der Waals surface area contributed by atoms with Crippen LogP contribution in [0.25, 0.3) is 0 Å². The minimum absolute atomic E-state index is 0.174. The fourth-order valence-corrected chi connectivity index (χ4v) is 3.11. The maximum atomic E-state index is 5.90. The van der Waals surface area contributed by atoms with Crippen LogP contribution in [0.2, 0.25) is 4.34 Å². The van der Waals surface area contributed by atoms with Gasteiger partial charge >= 0.3 is 0 Å². The first kappa shape index (κ1) is 12.0. The van der Waals surface area contributed by atoms with Crippen molar-refractivity contribution in [3.8, 4) is 0 Å². The maximum Gasteiger partial charge on any atom is 0.153 e. The second-order valence-corrected chi connectivity index (χ2v) is 5.63. The number of nitrogens with one attached hydrogen (secondary N) is 1. The van der Waals surface area contributed by atoms with Crippen LogP contribution in [0.4, 0.5) is 0 Å². The van der Waals surface area contributed by atoms with Gasteiger partial charge in [0.25, 0.3) is 0 Å². The Kier molecular flexibility index (Phi) is 3.60. The minimum atomic E-state index is -0.174. The Labute approximate surface area is 110 Å². The van der Waals surface area contributed by atoms with Crippen LogP contribution in [-0.2, 0) is 7.05 Å². The SMILES string of the molecule is Cn1nnc(Br)c1C(NN)c1ccc(Cl)s1. The molecule has 0 saturated heterocycles. The van der Waals surface area contributed by atoms with Gasteiger partial charge in [0, 0.05) is 11.9 Å². The maximum absolute atomic E-state index is 5.90. The van der Waals surface area contributed by atoms with Crippen molar-refractivity contribution in [1.29, 1.82) is 0 Å². The molecule has 0 fully saturated rings. The van der Waals surface area contributed by atoms with Crippen LogP contribution >= 0.6 is 38.9 Å². The first-order chi connectivity index (χ1) is 7.63. The van der Waals surface area contributed by atoms with E-state index in [0.29, 0.717) is 4.60 Å². The lowest BCUT2D eigenvalue weighted by Crippen LogP contribution is -2.30. The van der Waals surface area contributed by atoms with E-state index in [1.165, 1.54) is 11.3 Å². The smallest absolute Gasteiger partial charge is 0.153 e. The molecule has 8 heteroatoms. The van der Waals surface area contributed by atoms with Gasteiger partial charge in [0.1, 0.15) is 0 Å². The fraction of sp³-hybridized carbons (Fsp3) is 0.250. The summed E-state index contributed by atoms with van der Waals surface area (Å²) in [7, 11) is 1.81. The summed E-state index contributed by atoms with van der Waals surface area (Å²) in [6, 6.07) is 3.59. The number of hydrogen-bond acceptors (Lipinski definition) is 5. The molecule has 0 aromatic carbocycles. The molecule has 86 valence electrons. The Hall–Kier alpha value is -0.470. The van der Waals surface area contributed by atoms with E-state index in [0.717, 1.165) is 14.9 Å². The third-order valence-electron chi connectivity index (χ3n) is 2.15. The Balaban J connectivity index is 2.44. The number of nitrogens with two attached hydrogens (primary N) is 1. The zero-order chi connectivity index (χ0) is 11.7. The highest BCUT2D eigenvalue weighted by Crippen LogP contribution is 2.32. The quantitative estimate of drug-likeness (QED) is 0.668. The number of hydrazine groups is 1. The standard InChI is InChI=1S/C8H9BrClN5S/c1-15-7(8(9)13-14-15)6(12-11)4-2-3-5(10)16-4/h2-3,6,12H,11H2,1H3. The molecule has 5 nitrogen and oxygen atoms in total. The van der Waals surface area contributed by atoms with Gasteiger partial charge in [0.2, 0.25) is 0 Å². The van der Waals surface area contributed by atoms with E-state index in [4.69, 9.17) is 17.4 Å². The van der Waals surface area contributed by atoms with Crippen molar-refractivity contribution < 1.29 is 0 Å². The van der Waals surface area contributed by atoms with Crippen LogP contribution in [0.1, 0.15) is 16.6 Å². The van der Waals surface area contributed by atoms with E-state index in [2.05, 4.69) is 31.7 Å². The van der Waals surface area contributed by atoms with E-state index >= 15 is 0 Å². The lowest BCUT2D eigenvalue weighted by Gasteiger charge is -2.14. The van der Waals surface area contributed by atoms with Gasteiger partial charge in [0.05, 0.1) is 16.1 Å². The third-order valence-corrected chi connectivity index (χ3v) is 4.01. The summed E-state index contributed by atoms with van der Waals surface area (Å²) in [5.74, 6) is 5.57. The molecule has 16 heavy (non-hydrogen) atoms. The van der Waals surface area contributed by atoms with E-state index in [9.17, 15) is 0 Å². The van der Waals surface area contributed by atoms with Crippen LogP contribution in [0.15, 0.2) is 16.7 Å². The van der Waals surface area contributed by atoms with Gasteiger partial charge in [-0.25, -0.2) is 10.1 Å². The molecule has 3 N–H and O–H groups in total. The highest BCUT2D eigenvalue weighted by Gasteiger charge is 2.22. The van der Waals surface area contributed by atoms with E-state index in [1.54, 1.807) is 4.68 Å². The number of hydrogen-bond donors (Lipinski definition) is 2. The molecular weight excluding hydrogens is 314 g/mol. The monoisotopic (exact) mass is 321 g/mol. The Morgan fingerprint density at radius 3 is 2.81 bits per heavy atom. The normalized spacial score (nSPS) is 13.0. The molecule has 0 bridgehead atoms. The molecule has 1 unspecified atom stereocenters. The number of nitrogens with zero attached hydrogens (tertiary/aromatic N) is 3. The highest BCUT2D eigenvalue weighted by molar-refractivity contribution is 9.10. The van der Waals surface area contributed by atoms with Gasteiger partial charge in [-0.3, -0.25) is 5.84 Å². The summed E-state index contributed by atoms with van der Waals surface area (Å²) < 4.78 is 3.06. The predicted octanol–water partition coefficient (Wildman–Crippen LogP) is 1.85. The molecule has 0 spiro atoms. The first-order valence-corrected chi connectivity index (χ1v) is 6.38. The number of aryl methyl sites for hydroxylation is 1. The molecule has 2 aromatic heterocycles. The van der Waals surface area contributed by atoms with E-state index < -0.39 is 0 Å². The summed E-state index contributed by atoms with van der Waals surface area (Å²) in [6.07, 6.45) is 0. The number of thiophene rings is 1. The van der Waals surface area contributed by atoms with Crippen LogP contribution in [0, 0.1) is 0 Å². The van der Waals surface area contributed by atoms with Crippen LogP contribution < -0.4 is 11.3 Å². The predicted molar refractivity (Wildman–Crippen MR) is 67.2 cm³/mol. The topological polar surface area (TPSA) is 68.8 Å². The molecule has 0 saturated carbocycles. The zero-order valence-electron chi connectivity index (χ0n) is 8.32. The Morgan fingerprint density at radius 2 is 2.38 bits per heavy atom. The molecule has 0 radical (unpaired) electrons. The third kappa shape index (κ3) is 2.14. The minimum Gasteiger partial charge on any atom is -0.270 e. The van der Waals surface area contributed by atoms with Crippen molar-refractivity contribution in [1.82, 2.24) is 20.4 Å². The van der Waals surface area contributed by atoms with Crippen LogP contribution in [0.3, 0.4) is 0 Å². The number of aromatic nitrogens is 3. The largest absolute Gasteiger partial charge is 0.270 e. The first-order valence-electron chi connectivity index (χ1n) is 4.40. The molecular formula is C8H9BrClN5S. The lowest BCUT2D eigenvalue weighted by molar-refractivity contribution is 0.575. The van der Waals surface area contributed by atoms with Gasteiger partial charge in [-0.2, -0.15) is 0 Å². The highest BCUT2D eigenvalue weighted by atomic mass is 79.9. The average molecular weight is 323 g/mol. The molecule has 2 heterocycles. The van der Waals surface area contributed by atoms with Crippen molar-refractivity contribution in [2.45, 2.75) is 6.04 Å². The number of halogens is 2. The molecule has 1 atom stereocenters. The molecule has 0 aliphatic heterocycles. The second kappa shape index (κ2) is 4.80. The average Bonchev–Trinajstić information content (AvgIpc) is 2.80. The van der Waals surface area contributed by atoms with Crippen molar-refractivity contribution >= 4 is 38.9 Å². The molecule has 0 aliphatic rings. The fourth-order valence-electron chi connectivity index (χ4n) is 1.42. The van der Waals surface area contributed by atoms with E-state index in [-0.39, 0.29) is 6.04 Å². The van der Waals surface area contributed by atoms with Gasteiger partial charge in [0.15, 0.2) is 4.60 Å². The van der Waals surface area contributed by atoms with Crippen molar-refractivity contribution in [2.24, 2.45) is 12.9 Å². The van der Waals surface area contributed by atoms with Crippen molar-refractivity contribution in [2.75, 3.05) is 0 Å². The van der Waals surface area contributed by atoms with Crippen molar-refractivity contribution in [3.63, 3.8) is 0 Å². The Morgan fingerprint density at radius 1 is 1.62 bits per heavy atom. The number of rotatable bonds is 3. The Bertz CT molecular complexity index is 477. The van der Waals surface area contributed by atoms with Crippen LogP contribution in [0.5, 0.6) is 0 Å². The summed E-state index contributed by atoms with van der Waals surface area (Å²) in [5, 5.41) is 7.84. The molecule has 2 rings (SSSR count). The van der Waals surface area contributed by atoms with Crippen LogP contribution in [-0.4, -0.2) is 15.0 Å². The van der Waals surface area contributed by atoms with Gasteiger partial charge in [-0.15, -0.1) is 16.4 Å². The van der Waals surface area contributed by atoms with Gasteiger partial charge in [-0.1, -0.05) is 16.8 Å². The molecule has 0 aliphatic carbocycles.